The first-order chi connectivity index (χ1) is 16.3. The van der Waals surface area contributed by atoms with Gasteiger partial charge in [-0.1, -0.05) is 5.16 Å². The third-order valence-corrected chi connectivity index (χ3v) is 6.55. The number of nitrogens with zero attached hydrogens (tertiary/aromatic N) is 3. The molecular weight excluding hydrogens is 494 g/mol. The van der Waals surface area contributed by atoms with Crippen LogP contribution in [-0.2, 0) is 38.2 Å². The van der Waals surface area contributed by atoms with Crippen LogP contribution in [0.25, 0.3) is 0 Å². The Kier molecular flexibility index (Phi) is 8.30. The number of nitrogens with two attached hydrogens (primary N) is 1. The Hall–Kier alpha value is -3.37. The molecule has 34 heavy (non-hydrogen) atoms. The molecule has 0 radical (unpaired) electrons. The minimum atomic E-state index is -1.03. The van der Waals surface area contributed by atoms with Gasteiger partial charge in [-0.05, 0) is 5.57 Å². The van der Waals surface area contributed by atoms with Crippen LogP contribution in [0.15, 0.2) is 21.8 Å². The van der Waals surface area contributed by atoms with Crippen molar-refractivity contribution in [3.8, 4) is 0 Å². The number of thiazole rings is 1. The van der Waals surface area contributed by atoms with Gasteiger partial charge in [-0.2, -0.15) is 0 Å². The molecule has 1 aromatic heterocycles. The van der Waals surface area contributed by atoms with E-state index in [4.69, 9.17) is 20.0 Å². The van der Waals surface area contributed by atoms with Crippen LogP contribution in [0.2, 0.25) is 0 Å². The van der Waals surface area contributed by atoms with Gasteiger partial charge in [-0.25, -0.2) is 14.6 Å². The van der Waals surface area contributed by atoms with Crippen molar-refractivity contribution in [1.29, 1.82) is 0 Å². The van der Waals surface area contributed by atoms with Crippen molar-refractivity contribution in [2.45, 2.75) is 11.4 Å². The average molecular weight is 516 g/mol. The number of oxime groups is 1. The lowest BCUT2D eigenvalue weighted by Gasteiger charge is -2.49. The van der Waals surface area contributed by atoms with Crippen molar-refractivity contribution in [3.63, 3.8) is 0 Å². The fraction of sp³-hybridized carbons (Fsp3) is 0.444. The van der Waals surface area contributed by atoms with E-state index in [2.05, 4.69) is 24.9 Å². The number of aromatic nitrogens is 1. The number of rotatable bonds is 9. The standard InChI is InChI=1S/C18H21N5O9S2/c1-28-4-8-5-33-15-11(21-13(24)10(22-30-3)9-6-34-17(19)20-9)14(25)23(15)12(8)16(26)31-7-32-18(27)29-2/h6,11,15H,4-5,7H2,1-3H3,(H2,19,20)(H,21,24)/t11?,15-/m0/s1. The van der Waals surface area contributed by atoms with Gasteiger partial charge >= 0.3 is 12.1 Å². The van der Waals surface area contributed by atoms with Gasteiger partial charge in [0.15, 0.2) is 10.8 Å². The third kappa shape index (κ3) is 5.23. The summed E-state index contributed by atoms with van der Waals surface area (Å²) in [7, 11) is 3.81. The molecule has 0 spiro atoms. The zero-order valence-corrected chi connectivity index (χ0v) is 19.9. The molecular formula is C18H21N5O9S2. The largest absolute Gasteiger partial charge is 0.510 e. The van der Waals surface area contributed by atoms with E-state index < -0.39 is 42.1 Å². The number of hydrogen-bond donors (Lipinski definition) is 2. The highest BCUT2D eigenvalue weighted by Gasteiger charge is 2.54. The lowest BCUT2D eigenvalue weighted by atomic mass is 10.0. The molecule has 1 fully saturated rings. The second kappa shape index (κ2) is 11.2. The second-order valence-electron chi connectivity index (χ2n) is 6.59. The molecule has 3 N–H and O–H groups in total. The number of anilines is 1. The number of amides is 2. The Balaban J connectivity index is 1.74. The first kappa shape index (κ1) is 25.3. The maximum atomic E-state index is 13.0. The quantitative estimate of drug-likeness (QED) is 0.144. The first-order valence-electron chi connectivity index (χ1n) is 9.49. The molecule has 0 saturated carbocycles. The fourth-order valence-electron chi connectivity index (χ4n) is 3.12. The molecule has 1 unspecified atom stereocenters. The molecule has 3 rings (SSSR count). The summed E-state index contributed by atoms with van der Waals surface area (Å²) in [6.07, 6.45) is -1.03. The normalized spacial score (nSPS) is 19.7. The first-order valence-corrected chi connectivity index (χ1v) is 11.4. The topological polar surface area (TPSA) is 181 Å². The van der Waals surface area contributed by atoms with Gasteiger partial charge in [0, 0.05) is 18.2 Å². The van der Waals surface area contributed by atoms with E-state index in [9.17, 15) is 19.2 Å². The molecule has 14 nitrogen and oxygen atoms in total. The SMILES string of the molecule is COCC1=C(C(=O)OCOC(=O)OC)N2C(=O)C(NC(=O)C(=NOC)c3csc(N)n3)[C@@H]2SC1. The van der Waals surface area contributed by atoms with Crippen LogP contribution in [0.1, 0.15) is 5.69 Å². The van der Waals surface area contributed by atoms with Gasteiger partial charge in [-0.3, -0.25) is 14.5 Å². The van der Waals surface area contributed by atoms with Crippen LogP contribution in [0, 0.1) is 0 Å². The number of hydrogen-bond acceptors (Lipinski definition) is 14. The summed E-state index contributed by atoms with van der Waals surface area (Å²) in [4.78, 5) is 59.5. The number of methoxy groups -OCH3 is 2. The predicted octanol–water partition coefficient (Wildman–Crippen LogP) is -0.340. The van der Waals surface area contributed by atoms with Crippen molar-refractivity contribution in [2.75, 3.05) is 46.2 Å². The maximum absolute atomic E-state index is 13.0. The highest BCUT2D eigenvalue weighted by molar-refractivity contribution is 8.00. The van der Waals surface area contributed by atoms with Crippen LogP contribution >= 0.6 is 23.1 Å². The van der Waals surface area contributed by atoms with Crippen LogP contribution in [0.5, 0.6) is 0 Å². The van der Waals surface area contributed by atoms with Gasteiger partial charge in [0.25, 0.3) is 11.8 Å². The summed E-state index contributed by atoms with van der Waals surface area (Å²) < 4.78 is 18.9. The lowest BCUT2D eigenvalue weighted by Crippen LogP contribution is -2.71. The Morgan fingerprint density at radius 2 is 2.06 bits per heavy atom. The van der Waals surface area contributed by atoms with Crippen molar-refractivity contribution in [2.24, 2.45) is 5.16 Å². The number of thioether (sulfide) groups is 1. The molecule has 0 aliphatic carbocycles. The van der Waals surface area contributed by atoms with E-state index in [0.29, 0.717) is 11.3 Å². The molecule has 3 heterocycles. The number of nitrogen functional groups attached to an aromatic ring is 1. The Bertz CT molecular complexity index is 1040. The van der Waals surface area contributed by atoms with Gasteiger partial charge < -0.3 is 34.8 Å². The number of carbonyl (C=O) groups excluding carboxylic acids is 4. The molecule has 184 valence electrons. The lowest BCUT2D eigenvalue weighted by molar-refractivity contribution is -0.157. The summed E-state index contributed by atoms with van der Waals surface area (Å²) in [5.41, 5.74) is 6.13. The summed E-state index contributed by atoms with van der Waals surface area (Å²) in [5.74, 6) is -1.81. The van der Waals surface area contributed by atoms with Crippen molar-refractivity contribution >= 4 is 57.9 Å². The number of fused-ring (bicyclic) bond motifs is 1. The molecule has 2 aliphatic rings. The van der Waals surface area contributed by atoms with E-state index in [0.717, 1.165) is 18.4 Å². The van der Waals surface area contributed by atoms with Gasteiger partial charge in [0.05, 0.1) is 13.7 Å². The van der Waals surface area contributed by atoms with Crippen LogP contribution < -0.4 is 11.1 Å². The van der Waals surface area contributed by atoms with Crippen LogP contribution in [0.4, 0.5) is 9.93 Å². The van der Waals surface area contributed by atoms with Crippen LogP contribution in [-0.4, -0.2) is 91.4 Å². The van der Waals surface area contributed by atoms with E-state index in [1.165, 1.54) is 36.3 Å². The van der Waals surface area contributed by atoms with E-state index in [1.807, 2.05) is 0 Å². The fourth-order valence-corrected chi connectivity index (χ4v) is 4.99. The number of ether oxygens (including phenoxy) is 4. The monoisotopic (exact) mass is 515 g/mol. The smallest absolute Gasteiger partial charge is 0.438 e. The third-order valence-electron chi connectivity index (χ3n) is 4.54. The van der Waals surface area contributed by atoms with E-state index in [-0.39, 0.29) is 28.8 Å². The molecule has 2 atom stereocenters. The summed E-state index contributed by atoms with van der Waals surface area (Å²) >= 11 is 2.44. The molecule has 1 aromatic rings. The molecule has 2 amide bonds. The van der Waals surface area contributed by atoms with Gasteiger partial charge in [0.1, 0.15) is 29.9 Å². The molecule has 0 bridgehead atoms. The number of carbonyl (C=O) groups is 4. The number of nitrogens with one attached hydrogen (secondary N) is 1. The highest BCUT2D eigenvalue weighted by atomic mass is 32.2. The van der Waals surface area contributed by atoms with Crippen LogP contribution in [0.3, 0.4) is 0 Å². The Labute approximate surface area is 201 Å². The van der Waals surface area contributed by atoms with E-state index in [1.54, 1.807) is 0 Å². The van der Waals surface area contributed by atoms with Gasteiger partial charge in [0.2, 0.25) is 6.79 Å². The van der Waals surface area contributed by atoms with Crippen molar-refractivity contribution in [3.05, 3.63) is 22.3 Å². The Morgan fingerprint density at radius 3 is 2.68 bits per heavy atom. The molecule has 2 aliphatic heterocycles. The molecule has 0 aromatic carbocycles. The predicted molar refractivity (Wildman–Crippen MR) is 118 cm³/mol. The van der Waals surface area contributed by atoms with Gasteiger partial charge in [-0.15, -0.1) is 23.1 Å². The second-order valence-corrected chi connectivity index (χ2v) is 8.58. The Morgan fingerprint density at radius 1 is 1.29 bits per heavy atom. The average Bonchev–Trinajstić information content (AvgIpc) is 3.26. The zero-order valence-electron chi connectivity index (χ0n) is 18.3. The molecule has 16 heteroatoms. The minimum absolute atomic E-state index is 0.0346. The highest BCUT2D eigenvalue weighted by Crippen LogP contribution is 2.40. The number of esters is 1. The molecule has 1 saturated heterocycles. The van der Waals surface area contributed by atoms with Crippen molar-refractivity contribution in [1.82, 2.24) is 15.2 Å². The minimum Gasteiger partial charge on any atom is -0.438 e. The maximum Gasteiger partial charge on any atom is 0.510 e. The number of β-lactam (4-membered cyclic amide) rings is 1. The summed E-state index contributed by atoms with van der Waals surface area (Å²) in [6.45, 7) is -0.637. The zero-order chi connectivity index (χ0) is 24.8. The summed E-state index contributed by atoms with van der Waals surface area (Å²) in [5, 5.41) is 7.46. The van der Waals surface area contributed by atoms with Crippen molar-refractivity contribution < 1.29 is 43.0 Å². The summed E-state index contributed by atoms with van der Waals surface area (Å²) in [6, 6.07) is -0.950. The van der Waals surface area contributed by atoms with E-state index >= 15 is 0 Å².